The highest BCUT2D eigenvalue weighted by atomic mass is 19.3. The molecular formula is C13H17F2NO. The lowest BCUT2D eigenvalue weighted by atomic mass is 10.0. The Kier molecular flexibility index (Phi) is 5.63. The summed E-state index contributed by atoms with van der Waals surface area (Å²) in [5.74, 6) is 0.191. The van der Waals surface area contributed by atoms with Crippen LogP contribution >= 0.6 is 0 Å². The Bertz CT molecular complexity index is 355. The van der Waals surface area contributed by atoms with Crippen molar-refractivity contribution in [2.45, 2.75) is 25.5 Å². The molecule has 1 N–H and O–H groups in total. The summed E-state index contributed by atoms with van der Waals surface area (Å²) in [4.78, 5) is 0. The Morgan fingerprint density at radius 1 is 1.47 bits per heavy atom. The van der Waals surface area contributed by atoms with E-state index in [0.717, 1.165) is 18.4 Å². The van der Waals surface area contributed by atoms with Crippen LogP contribution in [-0.4, -0.2) is 13.7 Å². The van der Waals surface area contributed by atoms with Crippen LogP contribution in [0.25, 0.3) is 0 Å². The van der Waals surface area contributed by atoms with Gasteiger partial charge in [-0.05, 0) is 37.6 Å². The van der Waals surface area contributed by atoms with E-state index in [9.17, 15) is 8.78 Å². The Hall–Kier alpha value is -1.42. The molecule has 0 spiro atoms. The molecule has 4 heteroatoms. The van der Waals surface area contributed by atoms with E-state index in [4.69, 9.17) is 0 Å². The van der Waals surface area contributed by atoms with E-state index in [-0.39, 0.29) is 11.8 Å². The fraction of sp³-hybridized carbons (Fsp3) is 0.385. The van der Waals surface area contributed by atoms with Crippen molar-refractivity contribution in [2.75, 3.05) is 7.05 Å². The largest absolute Gasteiger partial charge is 0.435 e. The second-order valence-electron chi connectivity index (χ2n) is 3.66. The summed E-state index contributed by atoms with van der Waals surface area (Å²) >= 11 is 0. The Labute approximate surface area is 100 Å². The number of ether oxygens (including phenoxy) is 1. The highest BCUT2D eigenvalue weighted by Gasteiger charge is 2.10. The molecule has 0 aliphatic carbocycles. The molecule has 1 aromatic rings. The molecule has 1 atom stereocenters. The molecule has 1 unspecified atom stereocenters. The number of hydrogen-bond donors (Lipinski definition) is 1. The molecule has 0 aliphatic rings. The fourth-order valence-corrected chi connectivity index (χ4v) is 1.67. The molecule has 0 radical (unpaired) electrons. The van der Waals surface area contributed by atoms with Crippen LogP contribution < -0.4 is 10.1 Å². The van der Waals surface area contributed by atoms with Gasteiger partial charge in [0.25, 0.3) is 0 Å². The maximum Gasteiger partial charge on any atom is 0.387 e. The summed E-state index contributed by atoms with van der Waals surface area (Å²) in [6.45, 7) is 0.880. The zero-order chi connectivity index (χ0) is 12.7. The van der Waals surface area contributed by atoms with E-state index >= 15 is 0 Å². The number of nitrogens with one attached hydrogen (secondary N) is 1. The summed E-state index contributed by atoms with van der Waals surface area (Å²) in [6.07, 6.45) is 3.58. The molecule has 1 aromatic carbocycles. The van der Waals surface area contributed by atoms with Crippen LogP contribution in [0, 0.1) is 0 Å². The van der Waals surface area contributed by atoms with E-state index in [1.807, 2.05) is 19.2 Å². The first-order chi connectivity index (χ1) is 8.17. The molecule has 0 aliphatic heterocycles. The minimum absolute atomic E-state index is 0.120. The zero-order valence-electron chi connectivity index (χ0n) is 9.83. The maximum atomic E-state index is 12.1. The Morgan fingerprint density at radius 2 is 2.24 bits per heavy atom. The SMILES string of the molecule is C=CCCC(NC)c1cccc(OC(F)F)c1. The molecule has 0 heterocycles. The summed E-state index contributed by atoms with van der Waals surface area (Å²) in [6, 6.07) is 6.88. The molecule has 2 nitrogen and oxygen atoms in total. The predicted octanol–water partition coefficient (Wildman–Crippen LogP) is 3.51. The van der Waals surface area contributed by atoms with Crippen molar-refractivity contribution in [3.05, 3.63) is 42.5 Å². The molecule has 0 fully saturated rings. The highest BCUT2D eigenvalue weighted by molar-refractivity contribution is 5.30. The third kappa shape index (κ3) is 4.53. The quantitative estimate of drug-likeness (QED) is 0.737. The molecular weight excluding hydrogens is 224 g/mol. The van der Waals surface area contributed by atoms with Crippen molar-refractivity contribution in [1.82, 2.24) is 5.32 Å². The van der Waals surface area contributed by atoms with Crippen molar-refractivity contribution in [2.24, 2.45) is 0 Å². The number of hydrogen-bond acceptors (Lipinski definition) is 2. The molecule has 0 saturated heterocycles. The second-order valence-corrected chi connectivity index (χ2v) is 3.66. The predicted molar refractivity (Wildman–Crippen MR) is 64.3 cm³/mol. The number of alkyl halides is 2. The van der Waals surface area contributed by atoms with Crippen molar-refractivity contribution >= 4 is 0 Å². The van der Waals surface area contributed by atoms with Crippen LogP contribution in [0.4, 0.5) is 8.78 Å². The van der Waals surface area contributed by atoms with Crippen molar-refractivity contribution in [1.29, 1.82) is 0 Å². The van der Waals surface area contributed by atoms with Crippen molar-refractivity contribution in [3.63, 3.8) is 0 Å². The topological polar surface area (TPSA) is 21.3 Å². The lowest BCUT2D eigenvalue weighted by Gasteiger charge is -2.16. The van der Waals surface area contributed by atoms with E-state index in [0.29, 0.717) is 0 Å². The molecule has 0 bridgehead atoms. The lowest BCUT2D eigenvalue weighted by Crippen LogP contribution is -2.16. The number of rotatable bonds is 7. The summed E-state index contributed by atoms with van der Waals surface area (Å²) in [5.41, 5.74) is 0.938. The average Bonchev–Trinajstić information content (AvgIpc) is 2.30. The Morgan fingerprint density at radius 3 is 2.82 bits per heavy atom. The van der Waals surface area contributed by atoms with Crippen LogP contribution in [-0.2, 0) is 0 Å². The van der Waals surface area contributed by atoms with Gasteiger partial charge in [-0.25, -0.2) is 0 Å². The third-order valence-electron chi connectivity index (χ3n) is 2.49. The molecule has 17 heavy (non-hydrogen) atoms. The second kappa shape index (κ2) is 7.01. The van der Waals surface area contributed by atoms with Gasteiger partial charge in [-0.2, -0.15) is 8.78 Å². The lowest BCUT2D eigenvalue weighted by molar-refractivity contribution is -0.0499. The van der Waals surface area contributed by atoms with Gasteiger partial charge in [0, 0.05) is 6.04 Å². The van der Waals surface area contributed by atoms with Gasteiger partial charge in [-0.1, -0.05) is 18.2 Å². The smallest absolute Gasteiger partial charge is 0.387 e. The van der Waals surface area contributed by atoms with Crippen LogP contribution in [0.5, 0.6) is 5.75 Å². The first-order valence-electron chi connectivity index (χ1n) is 5.50. The number of benzene rings is 1. The Balaban J connectivity index is 2.77. The molecule has 0 amide bonds. The molecule has 1 rings (SSSR count). The normalized spacial score (nSPS) is 12.5. The first-order valence-corrected chi connectivity index (χ1v) is 5.50. The van der Waals surface area contributed by atoms with Crippen molar-refractivity contribution < 1.29 is 13.5 Å². The van der Waals surface area contributed by atoms with Crippen LogP contribution in [0.15, 0.2) is 36.9 Å². The van der Waals surface area contributed by atoms with E-state index < -0.39 is 6.61 Å². The number of allylic oxidation sites excluding steroid dienone is 1. The van der Waals surface area contributed by atoms with Gasteiger partial charge in [0.2, 0.25) is 0 Å². The highest BCUT2D eigenvalue weighted by Crippen LogP contribution is 2.23. The summed E-state index contributed by atoms with van der Waals surface area (Å²) in [7, 11) is 1.84. The fourth-order valence-electron chi connectivity index (χ4n) is 1.67. The number of halogens is 2. The first kappa shape index (κ1) is 13.6. The average molecular weight is 241 g/mol. The van der Waals surface area contributed by atoms with Crippen LogP contribution in [0.1, 0.15) is 24.4 Å². The van der Waals surface area contributed by atoms with Gasteiger partial charge in [0.1, 0.15) is 5.75 Å². The summed E-state index contributed by atoms with van der Waals surface area (Å²) < 4.78 is 28.5. The monoisotopic (exact) mass is 241 g/mol. The molecule has 0 saturated carbocycles. The molecule has 94 valence electrons. The van der Waals surface area contributed by atoms with E-state index in [2.05, 4.69) is 16.6 Å². The van der Waals surface area contributed by atoms with Crippen molar-refractivity contribution in [3.8, 4) is 5.75 Å². The van der Waals surface area contributed by atoms with Gasteiger partial charge < -0.3 is 10.1 Å². The minimum Gasteiger partial charge on any atom is -0.435 e. The molecule has 0 aromatic heterocycles. The minimum atomic E-state index is -2.79. The van der Waals surface area contributed by atoms with Gasteiger partial charge in [-0.3, -0.25) is 0 Å². The van der Waals surface area contributed by atoms with E-state index in [1.165, 1.54) is 6.07 Å². The van der Waals surface area contributed by atoms with Crippen LogP contribution in [0.3, 0.4) is 0 Å². The van der Waals surface area contributed by atoms with Gasteiger partial charge in [0.05, 0.1) is 0 Å². The van der Waals surface area contributed by atoms with Gasteiger partial charge >= 0.3 is 6.61 Å². The summed E-state index contributed by atoms with van der Waals surface area (Å²) in [5, 5.41) is 3.14. The zero-order valence-corrected chi connectivity index (χ0v) is 9.83. The van der Waals surface area contributed by atoms with Gasteiger partial charge in [-0.15, -0.1) is 6.58 Å². The van der Waals surface area contributed by atoms with Gasteiger partial charge in [0.15, 0.2) is 0 Å². The third-order valence-corrected chi connectivity index (χ3v) is 2.49. The standard InChI is InChI=1S/C13H17F2NO/c1-3-4-8-12(16-2)10-6-5-7-11(9-10)17-13(14)15/h3,5-7,9,12-13,16H,1,4,8H2,2H3. The maximum absolute atomic E-state index is 12.1. The van der Waals surface area contributed by atoms with Crippen LogP contribution in [0.2, 0.25) is 0 Å². The van der Waals surface area contributed by atoms with E-state index in [1.54, 1.807) is 12.1 Å².